The molecule has 1 aromatic rings. The molecule has 3 rings (SSSR count). The molecule has 1 aliphatic carbocycles. The Bertz CT molecular complexity index is 623. The van der Waals surface area contributed by atoms with Crippen molar-refractivity contribution < 1.29 is 4.79 Å². The summed E-state index contributed by atoms with van der Waals surface area (Å²) in [6, 6.07) is 0.292. The molecule has 1 saturated carbocycles. The van der Waals surface area contributed by atoms with Crippen LogP contribution in [-0.2, 0) is 11.2 Å². The Labute approximate surface area is 160 Å². The highest BCUT2D eigenvalue weighted by molar-refractivity contribution is 7.11. The van der Waals surface area contributed by atoms with Gasteiger partial charge in [0.25, 0.3) is 0 Å². The first kappa shape index (κ1) is 19.1. The van der Waals surface area contributed by atoms with E-state index in [4.69, 9.17) is 0 Å². The summed E-state index contributed by atoms with van der Waals surface area (Å²) in [5.41, 5.74) is 0. The summed E-state index contributed by atoms with van der Waals surface area (Å²) >= 11 is 1.74. The fourth-order valence-corrected chi connectivity index (χ4v) is 4.58. The van der Waals surface area contributed by atoms with Crippen LogP contribution < -0.4 is 10.6 Å². The molecule has 1 atom stereocenters. The molecule has 2 N–H and O–H groups in total. The summed E-state index contributed by atoms with van der Waals surface area (Å²) in [5.74, 6) is 1.49. The molecule has 1 aliphatic heterocycles. The molecule has 1 saturated heterocycles. The molecule has 1 amide bonds. The van der Waals surface area contributed by atoms with Crippen LogP contribution in [0.25, 0.3) is 0 Å². The number of aromatic nitrogens is 1. The molecular formula is C19H31N5OS. The molecule has 0 aromatic carbocycles. The number of amides is 1. The minimum Gasteiger partial charge on any atom is -0.357 e. The Morgan fingerprint density at radius 2 is 2.19 bits per heavy atom. The Balaban J connectivity index is 1.48. The maximum atomic E-state index is 12.6. The van der Waals surface area contributed by atoms with Crippen molar-refractivity contribution in [3.05, 3.63) is 16.1 Å². The van der Waals surface area contributed by atoms with Gasteiger partial charge in [0, 0.05) is 55.6 Å². The number of likely N-dealkylation sites (tertiary alicyclic amines) is 1. The number of thiazole rings is 1. The van der Waals surface area contributed by atoms with Crippen LogP contribution in [-0.4, -0.2) is 54.0 Å². The van der Waals surface area contributed by atoms with Gasteiger partial charge in [0.2, 0.25) is 5.91 Å². The molecule has 144 valence electrons. The van der Waals surface area contributed by atoms with Crippen LogP contribution in [0.15, 0.2) is 11.2 Å². The standard InChI is InChI=1S/C19H31N5OS/c1-3-20-19(21-10-8-17-22-12-14(2)26-17)23-16-9-11-24(13-16)18(25)15-6-4-5-7-15/h12,15-16H,3-11,13H2,1-2H3,(H2,20,21,23). The van der Waals surface area contributed by atoms with E-state index in [1.807, 2.05) is 6.20 Å². The second-order valence-electron chi connectivity index (χ2n) is 7.27. The second kappa shape index (κ2) is 9.35. The van der Waals surface area contributed by atoms with Crippen molar-refractivity contribution in [3.63, 3.8) is 0 Å². The number of nitrogens with one attached hydrogen (secondary N) is 2. The lowest BCUT2D eigenvalue weighted by molar-refractivity contribution is -0.134. The van der Waals surface area contributed by atoms with Crippen molar-refractivity contribution in [2.75, 3.05) is 26.2 Å². The predicted octanol–water partition coefficient (Wildman–Crippen LogP) is 2.34. The first-order valence-corrected chi connectivity index (χ1v) is 10.7. The molecule has 2 aliphatic rings. The van der Waals surface area contributed by atoms with E-state index >= 15 is 0 Å². The lowest BCUT2D eigenvalue weighted by atomic mass is 10.1. The highest BCUT2D eigenvalue weighted by Crippen LogP contribution is 2.27. The minimum atomic E-state index is 0.275. The number of rotatable bonds is 6. The van der Waals surface area contributed by atoms with Gasteiger partial charge in [0.05, 0.1) is 5.01 Å². The summed E-state index contributed by atoms with van der Waals surface area (Å²) in [7, 11) is 0. The number of nitrogens with zero attached hydrogens (tertiary/aromatic N) is 3. The molecule has 0 spiro atoms. The van der Waals surface area contributed by atoms with Crippen molar-refractivity contribution in [1.82, 2.24) is 20.5 Å². The quantitative estimate of drug-likeness (QED) is 0.590. The van der Waals surface area contributed by atoms with E-state index in [0.29, 0.717) is 11.9 Å². The number of hydrogen-bond donors (Lipinski definition) is 2. The third-order valence-corrected chi connectivity index (χ3v) is 6.13. The van der Waals surface area contributed by atoms with E-state index in [0.717, 1.165) is 62.8 Å². The van der Waals surface area contributed by atoms with Gasteiger partial charge in [-0.3, -0.25) is 9.79 Å². The van der Waals surface area contributed by atoms with Crippen molar-refractivity contribution in [2.45, 2.75) is 58.4 Å². The molecule has 1 aromatic heterocycles. The average Bonchev–Trinajstić information content (AvgIpc) is 3.36. The minimum absolute atomic E-state index is 0.275. The van der Waals surface area contributed by atoms with Gasteiger partial charge in [-0.2, -0.15) is 0 Å². The number of hydrogen-bond acceptors (Lipinski definition) is 4. The largest absolute Gasteiger partial charge is 0.357 e. The number of aliphatic imine (C=N–C) groups is 1. The summed E-state index contributed by atoms with van der Waals surface area (Å²) in [4.78, 5) is 25.0. The third kappa shape index (κ3) is 5.19. The van der Waals surface area contributed by atoms with Crippen LogP contribution in [0.5, 0.6) is 0 Å². The fourth-order valence-electron chi connectivity index (χ4n) is 3.80. The molecule has 6 nitrogen and oxygen atoms in total. The molecule has 7 heteroatoms. The van der Waals surface area contributed by atoms with Gasteiger partial charge >= 0.3 is 0 Å². The number of carbonyl (C=O) groups is 1. The molecule has 26 heavy (non-hydrogen) atoms. The highest BCUT2D eigenvalue weighted by atomic mass is 32.1. The smallest absolute Gasteiger partial charge is 0.225 e. The average molecular weight is 378 g/mol. The SMILES string of the molecule is CCNC(=NCCc1ncc(C)s1)NC1CCN(C(=O)C2CCCC2)C1. The van der Waals surface area contributed by atoms with Gasteiger partial charge in [0.15, 0.2) is 5.96 Å². The van der Waals surface area contributed by atoms with Gasteiger partial charge in [-0.1, -0.05) is 12.8 Å². The Kier molecular flexibility index (Phi) is 6.88. The Hall–Kier alpha value is -1.63. The van der Waals surface area contributed by atoms with Gasteiger partial charge in [-0.05, 0) is 33.1 Å². The summed E-state index contributed by atoms with van der Waals surface area (Å²) in [5, 5.41) is 7.97. The number of carbonyl (C=O) groups excluding carboxylic acids is 1. The van der Waals surface area contributed by atoms with Crippen LogP contribution in [0.1, 0.15) is 48.9 Å². The summed E-state index contributed by atoms with van der Waals surface area (Å²) < 4.78 is 0. The van der Waals surface area contributed by atoms with E-state index in [1.54, 1.807) is 11.3 Å². The van der Waals surface area contributed by atoms with E-state index in [9.17, 15) is 4.79 Å². The first-order valence-electron chi connectivity index (χ1n) is 9.90. The van der Waals surface area contributed by atoms with E-state index in [2.05, 4.69) is 39.4 Å². The van der Waals surface area contributed by atoms with Crippen LogP contribution in [0.4, 0.5) is 0 Å². The summed E-state index contributed by atoms with van der Waals surface area (Å²) in [6.07, 6.45) is 8.35. The van der Waals surface area contributed by atoms with E-state index < -0.39 is 0 Å². The maximum absolute atomic E-state index is 12.6. The molecule has 0 bridgehead atoms. The van der Waals surface area contributed by atoms with Gasteiger partial charge in [-0.25, -0.2) is 4.98 Å². The van der Waals surface area contributed by atoms with E-state index in [-0.39, 0.29) is 5.92 Å². The Morgan fingerprint density at radius 1 is 1.38 bits per heavy atom. The normalized spacial score (nSPS) is 21.4. The van der Waals surface area contributed by atoms with Crippen LogP contribution in [0, 0.1) is 12.8 Å². The third-order valence-electron chi connectivity index (χ3n) is 5.15. The van der Waals surface area contributed by atoms with Gasteiger partial charge in [0.1, 0.15) is 0 Å². The van der Waals surface area contributed by atoms with E-state index in [1.165, 1.54) is 17.7 Å². The zero-order valence-electron chi connectivity index (χ0n) is 16.0. The van der Waals surface area contributed by atoms with Gasteiger partial charge < -0.3 is 15.5 Å². The molecule has 2 fully saturated rings. The predicted molar refractivity (Wildman–Crippen MR) is 107 cm³/mol. The second-order valence-corrected chi connectivity index (χ2v) is 8.59. The molecule has 0 radical (unpaired) electrons. The van der Waals surface area contributed by atoms with Crippen molar-refractivity contribution in [1.29, 1.82) is 0 Å². The van der Waals surface area contributed by atoms with Crippen LogP contribution in [0.2, 0.25) is 0 Å². The fraction of sp³-hybridized carbons (Fsp3) is 0.737. The molecular weight excluding hydrogens is 346 g/mol. The summed E-state index contributed by atoms with van der Waals surface area (Å²) in [6.45, 7) is 7.37. The monoisotopic (exact) mass is 377 g/mol. The zero-order chi connectivity index (χ0) is 18.4. The lowest BCUT2D eigenvalue weighted by Crippen LogP contribution is -2.45. The lowest BCUT2D eigenvalue weighted by Gasteiger charge is -2.21. The molecule has 2 heterocycles. The van der Waals surface area contributed by atoms with Crippen LogP contribution >= 0.6 is 11.3 Å². The zero-order valence-corrected chi connectivity index (χ0v) is 16.8. The number of guanidine groups is 1. The topological polar surface area (TPSA) is 69.6 Å². The van der Waals surface area contributed by atoms with Crippen LogP contribution in [0.3, 0.4) is 0 Å². The Morgan fingerprint density at radius 3 is 2.88 bits per heavy atom. The van der Waals surface area contributed by atoms with Gasteiger partial charge in [-0.15, -0.1) is 11.3 Å². The van der Waals surface area contributed by atoms with Crippen molar-refractivity contribution in [3.8, 4) is 0 Å². The highest BCUT2D eigenvalue weighted by Gasteiger charge is 2.32. The number of aryl methyl sites for hydroxylation is 1. The first-order chi connectivity index (χ1) is 12.7. The van der Waals surface area contributed by atoms with Crippen molar-refractivity contribution >= 4 is 23.2 Å². The van der Waals surface area contributed by atoms with Crippen molar-refractivity contribution in [2.24, 2.45) is 10.9 Å². The maximum Gasteiger partial charge on any atom is 0.225 e. The molecule has 1 unspecified atom stereocenters.